The first-order valence-corrected chi connectivity index (χ1v) is 12.4. The molecule has 0 radical (unpaired) electrons. The number of nitrogens with zero attached hydrogens (tertiary/aromatic N) is 4. The number of fused-ring (bicyclic) bond motifs is 1. The quantitative estimate of drug-likeness (QED) is 0.366. The predicted octanol–water partition coefficient (Wildman–Crippen LogP) is 4.66. The molecule has 0 fully saturated rings. The predicted molar refractivity (Wildman–Crippen MR) is 141 cm³/mol. The van der Waals surface area contributed by atoms with Crippen LogP contribution in [0, 0.1) is 13.8 Å². The van der Waals surface area contributed by atoms with E-state index >= 15 is 0 Å². The number of rotatable bonds is 10. The summed E-state index contributed by atoms with van der Waals surface area (Å²) in [5.41, 5.74) is 5.93. The number of carbonyl (C=O) groups is 2. The van der Waals surface area contributed by atoms with Crippen molar-refractivity contribution in [2.75, 3.05) is 27.4 Å². The van der Waals surface area contributed by atoms with Crippen molar-refractivity contribution in [3.05, 3.63) is 58.1 Å². The molecule has 200 valence electrons. The molecule has 3 aromatic rings. The summed E-state index contributed by atoms with van der Waals surface area (Å²) < 4.78 is 17.8. The lowest BCUT2D eigenvalue weighted by Crippen LogP contribution is -2.38. The first-order valence-electron chi connectivity index (χ1n) is 12.4. The molecule has 0 spiro atoms. The van der Waals surface area contributed by atoms with E-state index in [1.807, 2.05) is 59.0 Å². The van der Waals surface area contributed by atoms with E-state index in [1.165, 1.54) is 0 Å². The molecule has 1 amide bonds. The van der Waals surface area contributed by atoms with E-state index in [-0.39, 0.29) is 18.3 Å². The normalized spacial score (nSPS) is 12.4. The SMILES string of the molecule is CCOC(=O)CC(c1ccc(C)c(CN(C)C(=O)OC(C)(C)COC)c1)c1ccc2c(nnn2C)c1C. The lowest BCUT2D eigenvalue weighted by molar-refractivity contribution is -0.143. The molecule has 0 saturated carbocycles. The van der Waals surface area contributed by atoms with Crippen LogP contribution in [0.25, 0.3) is 11.0 Å². The van der Waals surface area contributed by atoms with Crippen LogP contribution < -0.4 is 0 Å². The summed E-state index contributed by atoms with van der Waals surface area (Å²) in [6.07, 6.45) is -0.245. The summed E-state index contributed by atoms with van der Waals surface area (Å²) in [7, 11) is 5.14. The molecule has 0 aliphatic heterocycles. The highest BCUT2D eigenvalue weighted by Gasteiger charge is 2.26. The lowest BCUT2D eigenvalue weighted by Gasteiger charge is -2.28. The highest BCUT2D eigenvalue weighted by molar-refractivity contribution is 5.80. The van der Waals surface area contributed by atoms with Crippen LogP contribution in [0.5, 0.6) is 0 Å². The minimum absolute atomic E-state index is 0.187. The van der Waals surface area contributed by atoms with Crippen molar-refractivity contribution < 1.29 is 23.8 Å². The number of esters is 1. The molecule has 1 aromatic heterocycles. The molecule has 1 heterocycles. The van der Waals surface area contributed by atoms with Gasteiger partial charge in [-0.3, -0.25) is 4.79 Å². The van der Waals surface area contributed by atoms with Crippen LogP contribution in [-0.4, -0.2) is 64.9 Å². The zero-order chi connectivity index (χ0) is 27.3. The van der Waals surface area contributed by atoms with Crippen molar-refractivity contribution in [1.82, 2.24) is 19.9 Å². The average molecular weight is 511 g/mol. The van der Waals surface area contributed by atoms with E-state index in [4.69, 9.17) is 14.2 Å². The number of methoxy groups -OCH3 is 1. The largest absolute Gasteiger partial charge is 0.466 e. The van der Waals surface area contributed by atoms with Crippen LogP contribution in [0.3, 0.4) is 0 Å². The van der Waals surface area contributed by atoms with E-state index in [0.717, 1.165) is 38.9 Å². The minimum atomic E-state index is -0.738. The number of hydrogen-bond acceptors (Lipinski definition) is 7. The molecule has 0 N–H and O–H groups in total. The molecular weight excluding hydrogens is 472 g/mol. The fourth-order valence-electron chi connectivity index (χ4n) is 4.51. The van der Waals surface area contributed by atoms with Gasteiger partial charge in [0.15, 0.2) is 0 Å². The van der Waals surface area contributed by atoms with Crippen molar-refractivity contribution >= 4 is 23.1 Å². The van der Waals surface area contributed by atoms with Gasteiger partial charge in [0.1, 0.15) is 11.1 Å². The Hall–Kier alpha value is -3.46. The molecule has 1 atom stereocenters. The second-order valence-electron chi connectivity index (χ2n) is 10.0. The molecule has 2 aromatic carbocycles. The van der Waals surface area contributed by atoms with E-state index in [9.17, 15) is 9.59 Å². The molecule has 0 aliphatic carbocycles. The van der Waals surface area contributed by atoms with Crippen LogP contribution in [0.15, 0.2) is 30.3 Å². The van der Waals surface area contributed by atoms with Gasteiger partial charge in [0.05, 0.1) is 25.2 Å². The number of amides is 1. The number of carbonyl (C=O) groups excluding carboxylic acids is 2. The number of benzene rings is 2. The Morgan fingerprint density at radius 3 is 2.57 bits per heavy atom. The Bertz CT molecular complexity index is 1270. The Morgan fingerprint density at radius 2 is 1.89 bits per heavy atom. The summed E-state index contributed by atoms with van der Waals surface area (Å²) in [6.45, 7) is 10.4. The van der Waals surface area contributed by atoms with Crippen LogP contribution >= 0.6 is 0 Å². The van der Waals surface area contributed by atoms with Gasteiger partial charge in [-0.25, -0.2) is 9.48 Å². The van der Waals surface area contributed by atoms with Crippen molar-refractivity contribution in [1.29, 1.82) is 0 Å². The number of aryl methyl sites for hydroxylation is 3. The Labute approximate surface area is 218 Å². The van der Waals surface area contributed by atoms with Gasteiger partial charge in [0.25, 0.3) is 0 Å². The van der Waals surface area contributed by atoms with Gasteiger partial charge in [0.2, 0.25) is 0 Å². The van der Waals surface area contributed by atoms with Gasteiger partial charge in [-0.2, -0.15) is 0 Å². The Balaban J connectivity index is 1.96. The van der Waals surface area contributed by atoms with Crippen LogP contribution in [0.1, 0.15) is 60.9 Å². The van der Waals surface area contributed by atoms with Crippen molar-refractivity contribution in [3.63, 3.8) is 0 Å². The zero-order valence-electron chi connectivity index (χ0n) is 23.1. The number of hydrogen-bond donors (Lipinski definition) is 0. The summed E-state index contributed by atoms with van der Waals surface area (Å²) in [5, 5.41) is 8.48. The number of ether oxygens (including phenoxy) is 3. The molecule has 9 nitrogen and oxygen atoms in total. The zero-order valence-corrected chi connectivity index (χ0v) is 23.1. The van der Waals surface area contributed by atoms with Gasteiger partial charge < -0.3 is 19.1 Å². The van der Waals surface area contributed by atoms with Gasteiger partial charge in [-0.05, 0) is 68.5 Å². The molecule has 3 rings (SSSR count). The first-order chi connectivity index (χ1) is 17.5. The molecule has 37 heavy (non-hydrogen) atoms. The fraction of sp³-hybridized carbons (Fsp3) is 0.500. The summed E-state index contributed by atoms with van der Waals surface area (Å²) in [6, 6.07) is 10.1. The average Bonchev–Trinajstić information content (AvgIpc) is 3.21. The van der Waals surface area contributed by atoms with Crippen molar-refractivity contribution in [2.24, 2.45) is 7.05 Å². The monoisotopic (exact) mass is 510 g/mol. The topological polar surface area (TPSA) is 95.8 Å². The Kier molecular flexibility index (Phi) is 8.91. The molecule has 0 aliphatic rings. The van der Waals surface area contributed by atoms with E-state index in [2.05, 4.69) is 16.4 Å². The van der Waals surface area contributed by atoms with Crippen molar-refractivity contribution in [2.45, 2.75) is 59.1 Å². The van der Waals surface area contributed by atoms with Gasteiger partial charge in [-0.15, -0.1) is 5.10 Å². The van der Waals surface area contributed by atoms with Crippen LogP contribution in [0.2, 0.25) is 0 Å². The molecule has 0 bridgehead atoms. The van der Waals surface area contributed by atoms with Gasteiger partial charge >= 0.3 is 12.1 Å². The standard InChI is InChI=1S/C28H38N4O5/c1-9-36-25(33)15-23(22-12-13-24-26(19(22)3)29-30-32(24)7)20-11-10-18(2)21(14-20)16-31(6)27(34)37-28(4,5)17-35-8/h10-14,23H,9,15-17H2,1-8H3. The maximum absolute atomic E-state index is 12.8. The van der Waals surface area contributed by atoms with Gasteiger partial charge in [-0.1, -0.05) is 29.5 Å². The Morgan fingerprint density at radius 1 is 1.16 bits per heavy atom. The second kappa shape index (κ2) is 11.7. The molecule has 9 heteroatoms. The van der Waals surface area contributed by atoms with E-state index < -0.39 is 11.7 Å². The van der Waals surface area contributed by atoms with Crippen molar-refractivity contribution in [3.8, 4) is 0 Å². The van der Waals surface area contributed by atoms with Crippen LogP contribution in [-0.2, 0) is 32.6 Å². The van der Waals surface area contributed by atoms with E-state index in [0.29, 0.717) is 19.8 Å². The summed E-state index contributed by atoms with van der Waals surface area (Å²) >= 11 is 0. The number of aromatic nitrogens is 3. The highest BCUT2D eigenvalue weighted by atomic mass is 16.6. The van der Waals surface area contributed by atoms with Gasteiger partial charge in [0, 0.05) is 33.7 Å². The highest BCUT2D eigenvalue weighted by Crippen LogP contribution is 2.34. The third-order valence-corrected chi connectivity index (χ3v) is 6.48. The summed E-state index contributed by atoms with van der Waals surface area (Å²) in [4.78, 5) is 26.9. The molecular formula is C28H38N4O5. The first kappa shape index (κ1) is 28.1. The molecule has 0 saturated heterocycles. The summed E-state index contributed by atoms with van der Waals surface area (Å²) in [5.74, 6) is -0.517. The smallest absolute Gasteiger partial charge is 0.410 e. The third-order valence-electron chi connectivity index (χ3n) is 6.48. The minimum Gasteiger partial charge on any atom is -0.466 e. The maximum atomic E-state index is 12.8. The van der Waals surface area contributed by atoms with E-state index in [1.54, 1.807) is 30.7 Å². The van der Waals surface area contributed by atoms with Crippen LogP contribution in [0.4, 0.5) is 4.79 Å². The second-order valence-corrected chi connectivity index (χ2v) is 10.0. The maximum Gasteiger partial charge on any atom is 0.410 e. The molecule has 1 unspecified atom stereocenters. The third kappa shape index (κ3) is 6.65. The fourth-order valence-corrected chi connectivity index (χ4v) is 4.51. The lowest BCUT2D eigenvalue weighted by atomic mass is 9.84.